The van der Waals surface area contributed by atoms with Gasteiger partial charge < -0.3 is 14.8 Å². The summed E-state index contributed by atoms with van der Waals surface area (Å²) in [4.78, 5) is 20.3. The lowest BCUT2D eigenvalue weighted by molar-refractivity contribution is -0.137. The van der Waals surface area contributed by atoms with Crippen molar-refractivity contribution in [2.24, 2.45) is 0 Å². The molecule has 0 saturated carbocycles. The second-order valence-corrected chi connectivity index (χ2v) is 6.52. The number of carboxylic acids is 2. The van der Waals surface area contributed by atoms with Gasteiger partial charge in [0, 0.05) is 12.3 Å². The number of hydrogen-bond acceptors (Lipinski definition) is 3. The van der Waals surface area contributed by atoms with E-state index in [9.17, 15) is 14.2 Å². The van der Waals surface area contributed by atoms with Gasteiger partial charge in [0.15, 0.2) is 0 Å². The topological polar surface area (TPSA) is 91.7 Å². The molecule has 0 aliphatic heterocycles. The Morgan fingerprint density at radius 1 is 1.08 bits per heavy atom. The molecule has 0 heterocycles. The SMILES string of the molecule is CP(=O)(CCC(=O)O)CCC(=O)O. The summed E-state index contributed by atoms with van der Waals surface area (Å²) in [7, 11) is -2.56. The minimum atomic E-state index is -2.56. The summed E-state index contributed by atoms with van der Waals surface area (Å²) in [6, 6.07) is 0. The van der Waals surface area contributed by atoms with E-state index in [0.29, 0.717) is 0 Å². The zero-order valence-corrected chi connectivity index (χ0v) is 8.29. The molecule has 2 N–H and O–H groups in total. The maximum Gasteiger partial charge on any atom is 0.303 e. The van der Waals surface area contributed by atoms with Crippen molar-refractivity contribution in [3.05, 3.63) is 0 Å². The molecule has 0 atom stereocenters. The van der Waals surface area contributed by atoms with Crippen LogP contribution < -0.4 is 0 Å². The Kier molecular flexibility index (Phi) is 4.70. The normalized spacial score (nSPS) is 11.2. The minimum absolute atomic E-state index is 0.0790. The third kappa shape index (κ3) is 7.53. The van der Waals surface area contributed by atoms with Crippen molar-refractivity contribution in [1.82, 2.24) is 0 Å². The number of hydrogen-bond donors (Lipinski definition) is 2. The van der Waals surface area contributed by atoms with Crippen LogP contribution in [0.4, 0.5) is 0 Å². The molecule has 5 nitrogen and oxygen atoms in total. The van der Waals surface area contributed by atoms with Crippen molar-refractivity contribution in [1.29, 1.82) is 0 Å². The van der Waals surface area contributed by atoms with Crippen LogP contribution in [0.25, 0.3) is 0 Å². The average Bonchev–Trinajstić information content (AvgIpc) is 1.98. The van der Waals surface area contributed by atoms with E-state index in [2.05, 4.69) is 0 Å². The van der Waals surface area contributed by atoms with E-state index in [0.717, 1.165) is 0 Å². The quantitative estimate of drug-likeness (QED) is 0.633. The standard InChI is InChI=1S/C7H13O5P/c1-13(12,4-2-6(8)9)5-3-7(10)11/h2-5H2,1H3,(H,8,9)(H,10,11). The highest BCUT2D eigenvalue weighted by molar-refractivity contribution is 7.63. The van der Waals surface area contributed by atoms with Gasteiger partial charge in [0.05, 0.1) is 20.0 Å². The molecule has 0 bridgehead atoms. The smallest absolute Gasteiger partial charge is 0.303 e. The Balaban J connectivity index is 3.87. The van der Waals surface area contributed by atoms with Crippen molar-refractivity contribution >= 4 is 19.1 Å². The molecule has 0 aromatic rings. The fraction of sp³-hybridized carbons (Fsp3) is 0.714. The zero-order chi connectivity index (χ0) is 10.5. The van der Waals surface area contributed by atoms with Gasteiger partial charge in [-0.3, -0.25) is 9.59 Å². The highest BCUT2D eigenvalue weighted by Gasteiger charge is 2.17. The molecular formula is C7H13O5P. The molecule has 0 unspecified atom stereocenters. The fourth-order valence-corrected chi connectivity index (χ4v) is 2.33. The molecule has 0 aromatic carbocycles. The van der Waals surface area contributed by atoms with Crippen molar-refractivity contribution < 1.29 is 24.4 Å². The molecule has 0 aliphatic rings. The second-order valence-electron chi connectivity index (χ2n) is 3.03. The van der Waals surface area contributed by atoms with Crippen LogP contribution in [0.3, 0.4) is 0 Å². The molecule has 0 saturated heterocycles. The predicted octanol–water partition coefficient (Wildman–Crippen LogP) is 0.929. The molecule has 6 heteroatoms. The van der Waals surface area contributed by atoms with E-state index in [1.807, 2.05) is 0 Å². The molecule has 13 heavy (non-hydrogen) atoms. The lowest BCUT2D eigenvalue weighted by Crippen LogP contribution is -2.05. The lowest BCUT2D eigenvalue weighted by atomic mass is 10.5. The molecule has 0 amide bonds. The maximum absolute atomic E-state index is 11.5. The first kappa shape index (κ1) is 12.2. The first-order chi connectivity index (χ1) is 5.83. The van der Waals surface area contributed by atoms with Gasteiger partial charge in [-0.2, -0.15) is 0 Å². The predicted molar refractivity (Wildman–Crippen MR) is 47.8 cm³/mol. The van der Waals surface area contributed by atoms with Crippen LogP contribution in [0.2, 0.25) is 0 Å². The Morgan fingerprint density at radius 2 is 1.38 bits per heavy atom. The van der Waals surface area contributed by atoms with Crippen molar-refractivity contribution in [2.75, 3.05) is 19.0 Å². The average molecular weight is 208 g/mol. The van der Waals surface area contributed by atoms with E-state index in [-0.39, 0.29) is 25.2 Å². The fourth-order valence-electron chi connectivity index (χ4n) is 0.776. The van der Waals surface area contributed by atoms with Crippen LogP contribution in [0, 0.1) is 0 Å². The van der Waals surface area contributed by atoms with Crippen LogP contribution in [0.5, 0.6) is 0 Å². The van der Waals surface area contributed by atoms with Crippen molar-refractivity contribution in [2.45, 2.75) is 12.8 Å². The summed E-state index contributed by atoms with van der Waals surface area (Å²) in [5.41, 5.74) is 0. The third-order valence-corrected chi connectivity index (χ3v) is 3.94. The summed E-state index contributed by atoms with van der Waals surface area (Å²) in [6.07, 6.45) is -0.161. The first-order valence-corrected chi connectivity index (χ1v) is 6.35. The van der Waals surface area contributed by atoms with Crippen molar-refractivity contribution in [3.63, 3.8) is 0 Å². The molecule has 76 valence electrons. The largest absolute Gasteiger partial charge is 0.481 e. The number of aliphatic carboxylic acids is 2. The summed E-state index contributed by atoms with van der Waals surface area (Å²) in [5.74, 6) is -2.00. The molecular weight excluding hydrogens is 195 g/mol. The van der Waals surface area contributed by atoms with Gasteiger partial charge in [0.1, 0.15) is 0 Å². The van der Waals surface area contributed by atoms with Gasteiger partial charge in [-0.1, -0.05) is 0 Å². The van der Waals surface area contributed by atoms with Gasteiger partial charge in [-0.15, -0.1) is 0 Å². The second kappa shape index (κ2) is 5.02. The molecule has 0 rings (SSSR count). The third-order valence-electron chi connectivity index (χ3n) is 1.60. The zero-order valence-electron chi connectivity index (χ0n) is 7.39. The Bertz CT molecular complexity index is 225. The number of carbonyl (C=O) groups is 2. The van der Waals surface area contributed by atoms with Gasteiger partial charge in [0.25, 0.3) is 0 Å². The highest BCUT2D eigenvalue weighted by Crippen LogP contribution is 2.42. The van der Waals surface area contributed by atoms with Crippen LogP contribution >= 0.6 is 7.14 Å². The minimum Gasteiger partial charge on any atom is -0.481 e. The van der Waals surface area contributed by atoms with Gasteiger partial charge >= 0.3 is 11.9 Å². The van der Waals surface area contributed by atoms with Crippen LogP contribution in [-0.4, -0.2) is 41.1 Å². The highest BCUT2D eigenvalue weighted by atomic mass is 31.2. The summed E-state index contributed by atoms with van der Waals surface area (Å²) < 4.78 is 11.5. The van der Waals surface area contributed by atoms with Gasteiger partial charge in [0.2, 0.25) is 0 Å². The number of carboxylic acid groups (broad SMARTS) is 2. The Labute approximate surface area is 76.1 Å². The Morgan fingerprint density at radius 3 is 1.62 bits per heavy atom. The van der Waals surface area contributed by atoms with Crippen LogP contribution in [0.15, 0.2) is 0 Å². The summed E-state index contributed by atoms with van der Waals surface area (Å²) in [6.45, 7) is 1.44. The van der Waals surface area contributed by atoms with Crippen LogP contribution in [0.1, 0.15) is 12.8 Å². The molecule has 0 aliphatic carbocycles. The van der Waals surface area contributed by atoms with Crippen LogP contribution in [-0.2, 0) is 14.2 Å². The van der Waals surface area contributed by atoms with Gasteiger partial charge in [-0.05, 0) is 6.66 Å². The molecule has 0 aromatic heterocycles. The number of rotatable bonds is 6. The lowest BCUT2D eigenvalue weighted by Gasteiger charge is -2.09. The van der Waals surface area contributed by atoms with E-state index in [1.54, 1.807) is 0 Å². The van der Waals surface area contributed by atoms with E-state index in [1.165, 1.54) is 6.66 Å². The Hall–Kier alpha value is -0.830. The monoisotopic (exact) mass is 208 g/mol. The molecule has 0 fully saturated rings. The van der Waals surface area contributed by atoms with E-state index < -0.39 is 19.1 Å². The maximum atomic E-state index is 11.5. The molecule has 0 spiro atoms. The molecule has 0 radical (unpaired) electrons. The van der Waals surface area contributed by atoms with E-state index in [4.69, 9.17) is 10.2 Å². The van der Waals surface area contributed by atoms with Gasteiger partial charge in [-0.25, -0.2) is 0 Å². The summed E-state index contributed by atoms with van der Waals surface area (Å²) >= 11 is 0. The summed E-state index contributed by atoms with van der Waals surface area (Å²) in [5, 5.41) is 16.6. The van der Waals surface area contributed by atoms with E-state index >= 15 is 0 Å². The van der Waals surface area contributed by atoms with Crippen molar-refractivity contribution in [3.8, 4) is 0 Å². The first-order valence-electron chi connectivity index (χ1n) is 3.82.